The molecule has 4 heterocycles. The topological polar surface area (TPSA) is 64.3 Å². The van der Waals surface area contributed by atoms with E-state index in [1.54, 1.807) is 0 Å². The van der Waals surface area contributed by atoms with E-state index in [4.69, 9.17) is 4.74 Å². The lowest BCUT2D eigenvalue weighted by atomic mass is 9.93. The number of fused-ring (bicyclic) bond motifs is 1. The van der Waals surface area contributed by atoms with Gasteiger partial charge in [-0.05, 0) is 25.1 Å². The molecule has 2 aromatic heterocycles. The first-order chi connectivity index (χ1) is 12.5. The molecule has 1 N–H and O–H groups in total. The van der Waals surface area contributed by atoms with Crippen molar-refractivity contribution < 1.29 is 9.53 Å². The van der Waals surface area contributed by atoms with E-state index in [0.717, 1.165) is 31.9 Å². The summed E-state index contributed by atoms with van der Waals surface area (Å²) in [5, 5.41) is 7.51. The highest BCUT2D eigenvalue weighted by molar-refractivity contribution is 5.92. The van der Waals surface area contributed by atoms with Gasteiger partial charge >= 0.3 is 0 Å². The van der Waals surface area contributed by atoms with Gasteiger partial charge in [0.15, 0.2) is 0 Å². The summed E-state index contributed by atoms with van der Waals surface area (Å²) in [6.07, 6.45) is 2.17. The van der Waals surface area contributed by atoms with Crippen molar-refractivity contribution in [1.82, 2.24) is 24.6 Å². The summed E-state index contributed by atoms with van der Waals surface area (Å²) < 4.78 is 9.82. The Morgan fingerprint density at radius 1 is 1.38 bits per heavy atom. The Morgan fingerprint density at radius 2 is 2.23 bits per heavy atom. The van der Waals surface area contributed by atoms with Gasteiger partial charge in [0.25, 0.3) is 5.91 Å². The molecule has 0 radical (unpaired) electrons. The van der Waals surface area contributed by atoms with E-state index in [0.29, 0.717) is 24.1 Å². The summed E-state index contributed by atoms with van der Waals surface area (Å²) in [6, 6.07) is 5.88. The summed E-state index contributed by atoms with van der Waals surface area (Å²) in [5.41, 5.74) is 2.98. The molecule has 0 spiro atoms. The maximum atomic E-state index is 12.3. The number of hydrogen-bond acceptors (Lipinski definition) is 4. The van der Waals surface area contributed by atoms with Crippen molar-refractivity contribution in [2.24, 2.45) is 25.9 Å². The smallest absolute Gasteiger partial charge is 0.267 e. The fourth-order valence-electron chi connectivity index (χ4n) is 4.27. The maximum Gasteiger partial charge on any atom is 0.267 e. The number of ether oxygens (including phenoxy) is 1. The number of carbonyl (C=O) groups is 1. The third-order valence-corrected chi connectivity index (χ3v) is 5.70. The summed E-state index contributed by atoms with van der Waals surface area (Å²) in [4.78, 5) is 14.8. The van der Waals surface area contributed by atoms with Crippen LogP contribution in [-0.4, -0.2) is 57.5 Å². The molecular formula is C19H27N5O2. The third-order valence-electron chi connectivity index (χ3n) is 5.70. The molecule has 2 saturated heterocycles. The molecule has 2 aromatic rings. The Morgan fingerprint density at radius 3 is 2.92 bits per heavy atom. The predicted molar refractivity (Wildman–Crippen MR) is 97.7 cm³/mol. The van der Waals surface area contributed by atoms with Crippen molar-refractivity contribution in [3.8, 4) is 0 Å². The average Bonchev–Trinajstić information content (AvgIpc) is 3.32. The van der Waals surface area contributed by atoms with Crippen LogP contribution in [0.5, 0.6) is 0 Å². The summed E-state index contributed by atoms with van der Waals surface area (Å²) in [5.74, 6) is 0.849. The van der Waals surface area contributed by atoms with Crippen LogP contribution in [0.2, 0.25) is 0 Å². The molecule has 2 aliphatic heterocycles. The molecule has 0 saturated carbocycles. The number of aromatic nitrogens is 3. The van der Waals surface area contributed by atoms with Crippen LogP contribution in [-0.2, 0) is 25.4 Å². The fourth-order valence-corrected chi connectivity index (χ4v) is 4.27. The van der Waals surface area contributed by atoms with Crippen LogP contribution >= 0.6 is 0 Å². The van der Waals surface area contributed by atoms with Crippen LogP contribution in [0.25, 0.3) is 0 Å². The number of likely N-dealkylation sites (tertiary alicyclic amines) is 1. The van der Waals surface area contributed by atoms with Crippen molar-refractivity contribution in [1.29, 1.82) is 0 Å². The molecule has 1 amide bonds. The van der Waals surface area contributed by atoms with Gasteiger partial charge in [-0.15, -0.1) is 0 Å². The number of aryl methyl sites for hydroxylation is 3. The van der Waals surface area contributed by atoms with Crippen molar-refractivity contribution in [2.45, 2.75) is 19.6 Å². The molecule has 140 valence electrons. The summed E-state index contributed by atoms with van der Waals surface area (Å²) >= 11 is 0. The number of hydrogen-bond donors (Lipinski definition) is 1. The van der Waals surface area contributed by atoms with E-state index in [-0.39, 0.29) is 12.0 Å². The Labute approximate surface area is 153 Å². The Kier molecular flexibility index (Phi) is 4.58. The molecule has 0 aromatic carbocycles. The molecule has 0 bridgehead atoms. The highest BCUT2D eigenvalue weighted by atomic mass is 16.5. The minimum Gasteiger partial charge on any atom is -0.376 e. The van der Waals surface area contributed by atoms with Gasteiger partial charge in [0.2, 0.25) is 0 Å². The van der Waals surface area contributed by atoms with Crippen LogP contribution in [0.4, 0.5) is 0 Å². The van der Waals surface area contributed by atoms with E-state index >= 15 is 0 Å². The first kappa shape index (κ1) is 17.3. The van der Waals surface area contributed by atoms with Gasteiger partial charge in [-0.2, -0.15) is 5.10 Å². The number of amides is 1. The van der Waals surface area contributed by atoms with Crippen LogP contribution < -0.4 is 5.32 Å². The zero-order chi connectivity index (χ0) is 18.3. The van der Waals surface area contributed by atoms with Gasteiger partial charge in [0, 0.05) is 58.3 Å². The third kappa shape index (κ3) is 3.29. The van der Waals surface area contributed by atoms with E-state index in [2.05, 4.69) is 21.4 Å². The Bertz CT molecular complexity index is 796. The minimum atomic E-state index is -0.0128. The van der Waals surface area contributed by atoms with Crippen LogP contribution in [0.3, 0.4) is 0 Å². The number of nitrogens with one attached hydrogen (secondary N) is 1. The van der Waals surface area contributed by atoms with Crippen molar-refractivity contribution in [3.63, 3.8) is 0 Å². The van der Waals surface area contributed by atoms with E-state index in [9.17, 15) is 4.79 Å². The number of carbonyl (C=O) groups excluding carboxylic acids is 1. The molecule has 7 nitrogen and oxygen atoms in total. The normalized spacial score (nSPS) is 25.6. The van der Waals surface area contributed by atoms with E-state index in [1.165, 1.54) is 5.69 Å². The van der Waals surface area contributed by atoms with Gasteiger partial charge < -0.3 is 14.6 Å². The minimum absolute atomic E-state index is 0.0128. The van der Waals surface area contributed by atoms with Crippen LogP contribution in [0.15, 0.2) is 24.4 Å². The second kappa shape index (κ2) is 6.89. The standard InChI is InChI=1S/C19H27N5O2/c1-13-7-15(23(3)21-13)9-24-10-16-14(12-26-18(16)11-24)8-20-19(25)17-5-4-6-22(17)2/h4-7,14,16,18H,8-12H2,1-3H3,(H,20,25)/t14-,16+,18+/m1/s1. The summed E-state index contributed by atoms with van der Waals surface area (Å²) in [7, 11) is 3.89. The molecule has 4 rings (SSSR count). The number of rotatable bonds is 5. The van der Waals surface area contributed by atoms with Gasteiger partial charge in [0.1, 0.15) is 5.69 Å². The lowest BCUT2D eigenvalue weighted by Crippen LogP contribution is -2.35. The lowest BCUT2D eigenvalue weighted by molar-refractivity contribution is 0.0897. The van der Waals surface area contributed by atoms with Gasteiger partial charge in [-0.3, -0.25) is 14.4 Å². The average molecular weight is 357 g/mol. The van der Waals surface area contributed by atoms with Crippen molar-refractivity contribution >= 4 is 5.91 Å². The molecule has 0 aliphatic carbocycles. The highest BCUT2D eigenvalue weighted by Gasteiger charge is 2.43. The SMILES string of the molecule is Cc1cc(CN2C[C@H]3[C@H](CNC(=O)c4cccn4C)CO[C@H]3C2)n(C)n1. The van der Waals surface area contributed by atoms with Gasteiger partial charge in [0.05, 0.1) is 24.1 Å². The fraction of sp³-hybridized carbons (Fsp3) is 0.579. The molecule has 7 heteroatoms. The highest BCUT2D eigenvalue weighted by Crippen LogP contribution is 2.34. The largest absolute Gasteiger partial charge is 0.376 e. The quantitative estimate of drug-likeness (QED) is 0.865. The summed E-state index contributed by atoms with van der Waals surface area (Å²) in [6.45, 7) is 6.30. The predicted octanol–water partition coefficient (Wildman–Crippen LogP) is 0.944. The monoisotopic (exact) mass is 357 g/mol. The molecular weight excluding hydrogens is 330 g/mol. The Hall–Kier alpha value is -2.12. The second-order valence-electron chi connectivity index (χ2n) is 7.60. The van der Waals surface area contributed by atoms with Crippen molar-refractivity contribution in [3.05, 3.63) is 41.5 Å². The van der Waals surface area contributed by atoms with Gasteiger partial charge in [-0.25, -0.2) is 0 Å². The molecule has 2 aliphatic rings. The molecule has 3 atom stereocenters. The van der Waals surface area contributed by atoms with Crippen LogP contribution in [0.1, 0.15) is 21.9 Å². The molecule has 0 unspecified atom stereocenters. The van der Waals surface area contributed by atoms with E-state index < -0.39 is 0 Å². The second-order valence-corrected chi connectivity index (χ2v) is 7.60. The van der Waals surface area contributed by atoms with Crippen LogP contribution in [0, 0.1) is 18.8 Å². The molecule has 26 heavy (non-hydrogen) atoms. The van der Waals surface area contributed by atoms with Gasteiger partial charge in [-0.1, -0.05) is 0 Å². The number of nitrogens with zero attached hydrogens (tertiary/aromatic N) is 4. The Balaban J connectivity index is 1.32. The first-order valence-corrected chi connectivity index (χ1v) is 9.24. The molecule has 2 fully saturated rings. The van der Waals surface area contributed by atoms with E-state index in [1.807, 2.05) is 48.6 Å². The first-order valence-electron chi connectivity index (χ1n) is 9.24. The maximum absolute atomic E-state index is 12.3. The lowest BCUT2D eigenvalue weighted by Gasteiger charge is -2.20. The zero-order valence-corrected chi connectivity index (χ0v) is 15.7. The zero-order valence-electron chi connectivity index (χ0n) is 15.7. The van der Waals surface area contributed by atoms with Crippen molar-refractivity contribution in [2.75, 3.05) is 26.2 Å².